The number of benzene rings is 3. The zero-order chi connectivity index (χ0) is 17.9. The van der Waals surface area contributed by atoms with Crippen molar-refractivity contribution in [2.75, 3.05) is 5.32 Å². The van der Waals surface area contributed by atoms with Crippen LogP contribution >= 0.6 is 11.8 Å². The van der Waals surface area contributed by atoms with Crippen LogP contribution in [0.5, 0.6) is 0 Å². The Balaban J connectivity index is 1.51. The van der Waals surface area contributed by atoms with Crippen LogP contribution in [0.25, 0.3) is 0 Å². The molecule has 3 aromatic rings. The summed E-state index contributed by atoms with van der Waals surface area (Å²) in [4.78, 5) is 25.8. The van der Waals surface area contributed by atoms with Crippen LogP contribution in [0.4, 0.5) is 5.69 Å². The molecule has 0 unspecified atom stereocenters. The van der Waals surface area contributed by atoms with Crippen molar-refractivity contribution in [3.63, 3.8) is 0 Å². The summed E-state index contributed by atoms with van der Waals surface area (Å²) in [6, 6.07) is 23.7. The van der Waals surface area contributed by atoms with Crippen molar-refractivity contribution in [1.29, 1.82) is 0 Å². The second-order valence-corrected chi connectivity index (χ2v) is 7.04. The lowest BCUT2D eigenvalue weighted by atomic mass is 10.1. The fraction of sp³-hybridized carbons (Fsp3) is 0.0476. The highest BCUT2D eigenvalue weighted by atomic mass is 32.2. The highest BCUT2D eigenvalue weighted by molar-refractivity contribution is 7.99. The van der Waals surface area contributed by atoms with Gasteiger partial charge in [-0.25, -0.2) is 0 Å². The van der Waals surface area contributed by atoms with Gasteiger partial charge in [-0.15, -0.1) is 0 Å². The van der Waals surface area contributed by atoms with Crippen molar-refractivity contribution >= 4 is 29.3 Å². The minimum atomic E-state index is -0.339. The summed E-state index contributed by atoms with van der Waals surface area (Å²) < 4.78 is 0. The smallest absolute Gasteiger partial charge is 0.259 e. The van der Waals surface area contributed by atoms with Crippen LogP contribution in [-0.4, -0.2) is 11.8 Å². The van der Waals surface area contributed by atoms with Gasteiger partial charge in [-0.2, -0.15) is 0 Å². The van der Waals surface area contributed by atoms with Gasteiger partial charge in [-0.05, 0) is 42.0 Å². The summed E-state index contributed by atoms with van der Waals surface area (Å²) in [6.07, 6.45) is 0. The Labute approximate surface area is 155 Å². The second kappa shape index (κ2) is 7.06. The van der Waals surface area contributed by atoms with Crippen molar-refractivity contribution in [1.82, 2.24) is 5.32 Å². The Hall–Kier alpha value is -3.05. The molecule has 1 aliphatic rings. The van der Waals surface area contributed by atoms with E-state index in [2.05, 4.69) is 34.9 Å². The average molecular weight is 360 g/mol. The maximum absolute atomic E-state index is 11.8. The first-order valence-electron chi connectivity index (χ1n) is 8.25. The van der Waals surface area contributed by atoms with E-state index in [1.54, 1.807) is 23.9 Å². The maximum Gasteiger partial charge on any atom is 0.259 e. The molecule has 26 heavy (non-hydrogen) atoms. The summed E-state index contributed by atoms with van der Waals surface area (Å²) in [6.45, 7) is 0.629. The summed E-state index contributed by atoms with van der Waals surface area (Å²) >= 11 is 1.72. The van der Waals surface area contributed by atoms with Crippen LogP contribution in [0.3, 0.4) is 0 Å². The van der Waals surface area contributed by atoms with Gasteiger partial charge < -0.3 is 5.32 Å². The summed E-state index contributed by atoms with van der Waals surface area (Å²) in [5, 5.41) is 5.66. The molecule has 0 aliphatic carbocycles. The molecule has 0 atom stereocenters. The number of rotatable bonds is 5. The van der Waals surface area contributed by atoms with E-state index >= 15 is 0 Å². The quantitative estimate of drug-likeness (QED) is 0.665. The van der Waals surface area contributed by atoms with Crippen LogP contribution in [0.15, 0.2) is 82.6 Å². The van der Waals surface area contributed by atoms with E-state index in [4.69, 9.17) is 0 Å². The van der Waals surface area contributed by atoms with Gasteiger partial charge in [0.1, 0.15) is 0 Å². The first kappa shape index (κ1) is 16.4. The van der Waals surface area contributed by atoms with E-state index < -0.39 is 0 Å². The predicted octanol–water partition coefficient (Wildman–Crippen LogP) is 4.33. The topological polar surface area (TPSA) is 58.2 Å². The lowest BCUT2D eigenvalue weighted by molar-refractivity contribution is 0.0879. The number of carbonyl (C=O) groups is 2. The zero-order valence-corrected chi connectivity index (χ0v) is 14.7. The number of nitrogens with one attached hydrogen (secondary N) is 2. The molecule has 0 spiro atoms. The minimum absolute atomic E-state index is 0.332. The molecule has 1 heterocycles. The van der Waals surface area contributed by atoms with Gasteiger partial charge in [0.2, 0.25) is 0 Å². The van der Waals surface area contributed by atoms with Crippen molar-refractivity contribution < 1.29 is 9.59 Å². The van der Waals surface area contributed by atoms with Crippen molar-refractivity contribution in [2.45, 2.75) is 16.3 Å². The largest absolute Gasteiger partial charge is 0.381 e. The number of hydrogen-bond donors (Lipinski definition) is 2. The van der Waals surface area contributed by atoms with E-state index in [1.165, 1.54) is 15.4 Å². The third-order valence-electron chi connectivity index (χ3n) is 4.16. The molecule has 5 heteroatoms. The number of hydrogen-bond acceptors (Lipinski definition) is 4. The molecule has 0 radical (unpaired) electrons. The van der Waals surface area contributed by atoms with E-state index in [0.29, 0.717) is 17.7 Å². The summed E-state index contributed by atoms with van der Waals surface area (Å²) in [7, 11) is 0. The fourth-order valence-corrected chi connectivity index (χ4v) is 3.81. The fourth-order valence-electron chi connectivity index (χ4n) is 2.84. The van der Waals surface area contributed by atoms with E-state index in [0.717, 1.165) is 5.69 Å². The highest BCUT2D eigenvalue weighted by Crippen LogP contribution is 2.30. The molecule has 0 saturated carbocycles. The Bertz CT molecular complexity index is 986. The third-order valence-corrected chi connectivity index (χ3v) is 5.29. The van der Waals surface area contributed by atoms with Gasteiger partial charge in [-0.1, -0.05) is 48.2 Å². The molecule has 4 rings (SSSR count). The van der Waals surface area contributed by atoms with E-state index in [1.807, 2.05) is 36.4 Å². The normalized spacial score (nSPS) is 12.6. The van der Waals surface area contributed by atoms with E-state index in [-0.39, 0.29) is 11.8 Å². The maximum atomic E-state index is 11.8. The number of imide groups is 1. The molecular formula is C21H16N2O2S. The lowest BCUT2D eigenvalue weighted by Gasteiger charge is -2.12. The Morgan fingerprint density at radius 3 is 2.38 bits per heavy atom. The molecule has 128 valence electrons. The molecule has 0 bridgehead atoms. The molecule has 0 saturated heterocycles. The van der Waals surface area contributed by atoms with Crippen molar-refractivity contribution in [2.24, 2.45) is 0 Å². The van der Waals surface area contributed by atoms with Gasteiger partial charge in [0, 0.05) is 22.0 Å². The molecule has 0 aromatic heterocycles. The third kappa shape index (κ3) is 3.34. The number of carbonyl (C=O) groups excluding carboxylic acids is 2. The highest BCUT2D eigenvalue weighted by Gasteiger charge is 2.26. The van der Waals surface area contributed by atoms with Crippen LogP contribution in [0, 0.1) is 0 Å². The minimum Gasteiger partial charge on any atom is -0.381 e. The number of anilines is 1. The SMILES string of the molecule is O=C1NC(=O)c2cc(NCc3ccccc3Sc3ccccc3)ccc21. The monoisotopic (exact) mass is 360 g/mol. The molecular weight excluding hydrogens is 344 g/mol. The molecule has 2 amide bonds. The van der Waals surface area contributed by atoms with Crippen LogP contribution < -0.4 is 10.6 Å². The molecule has 1 aliphatic heterocycles. The Kier molecular flexibility index (Phi) is 4.46. The lowest BCUT2D eigenvalue weighted by Crippen LogP contribution is -2.19. The van der Waals surface area contributed by atoms with Gasteiger partial charge >= 0.3 is 0 Å². The number of fused-ring (bicyclic) bond motifs is 1. The molecule has 4 nitrogen and oxygen atoms in total. The second-order valence-electron chi connectivity index (χ2n) is 5.92. The Morgan fingerprint density at radius 1 is 0.808 bits per heavy atom. The summed E-state index contributed by atoms with van der Waals surface area (Å²) in [5.41, 5.74) is 2.84. The number of amides is 2. The average Bonchev–Trinajstić information content (AvgIpc) is 2.95. The van der Waals surface area contributed by atoms with E-state index in [9.17, 15) is 9.59 Å². The zero-order valence-electron chi connectivity index (χ0n) is 13.9. The van der Waals surface area contributed by atoms with Gasteiger partial charge in [-0.3, -0.25) is 14.9 Å². The molecule has 2 N–H and O–H groups in total. The molecule has 0 fully saturated rings. The van der Waals surface area contributed by atoms with Gasteiger partial charge in [0.05, 0.1) is 11.1 Å². The van der Waals surface area contributed by atoms with Crippen LogP contribution in [0.2, 0.25) is 0 Å². The Morgan fingerprint density at radius 2 is 1.54 bits per heavy atom. The first-order valence-corrected chi connectivity index (χ1v) is 9.07. The standard InChI is InChI=1S/C21H16N2O2S/c24-20-17-11-10-15(12-18(17)21(25)23-20)22-13-14-6-4-5-9-19(14)26-16-7-2-1-3-8-16/h1-12,22H,13H2,(H,23,24,25). The van der Waals surface area contributed by atoms with Crippen LogP contribution in [0.1, 0.15) is 26.3 Å². The van der Waals surface area contributed by atoms with Crippen LogP contribution in [-0.2, 0) is 6.54 Å². The first-order chi connectivity index (χ1) is 12.7. The summed E-state index contributed by atoms with van der Waals surface area (Å²) in [5.74, 6) is -0.671. The van der Waals surface area contributed by atoms with Gasteiger partial charge in [0.25, 0.3) is 11.8 Å². The van der Waals surface area contributed by atoms with Crippen molar-refractivity contribution in [3.8, 4) is 0 Å². The van der Waals surface area contributed by atoms with Gasteiger partial charge in [0.15, 0.2) is 0 Å². The molecule has 3 aromatic carbocycles. The van der Waals surface area contributed by atoms with Crippen molar-refractivity contribution in [3.05, 3.63) is 89.5 Å². The predicted molar refractivity (Wildman–Crippen MR) is 103 cm³/mol.